The van der Waals surface area contributed by atoms with E-state index in [1.165, 1.54) is 23.7 Å². The summed E-state index contributed by atoms with van der Waals surface area (Å²) in [4.78, 5) is 31.8. The number of nitrogens with zero attached hydrogens (tertiary/aromatic N) is 7. The minimum absolute atomic E-state index is 0.113. The molecule has 3 aromatic heterocycles. The Morgan fingerprint density at radius 3 is 2.89 bits per heavy atom. The number of anilines is 2. The monoisotopic (exact) mass is 382 g/mol. The number of nitrogens with one attached hydrogen (secondary N) is 1. The summed E-state index contributed by atoms with van der Waals surface area (Å²) >= 11 is 1.46. The second-order valence-electron chi connectivity index (χ2n) is 6.22. The van der Waals surface area contributed by atoms with Crippen molar-refractivity contribution in [3.63, 3.8) is 0 Å². The molecular formula is C17H18N8OS. The Kier molecular flexibility index (Phi) is 4.71. The van der Waals surface area contributed by atoms with Crippen molar-refractivity contribution in [1.82, 2.24) is 35.0 Å². The molecule has 4 rings (SSSR count). The van der Waals surface area contributed by atoms with Gasteiger partial charge in [0, 0.05) is 25.0 Å². The van der Waals surface area contributed by atoms with Crippen molar-refractivity contribution in [2.45, 2.75) is 32.7 Å². The number of aromatic nitrogens is 6. The van der Waals surface area contributed by atoms with Gasteiger partial charge in [0.25, 0.3) is 5.91 Å². The number of hydrogen-bond acceptors (Lipinski definition) is 9. The maximum atomic E-state index is 12.8. The number of carbonyl (C=O) groups excluding carboxylic acids is 1. The lowest BCUT2D eigenvalue weighted by molar-refractivity contribution is 0.0726. The van der Waals surface area contributed by atoms with E-state index in [-0.39, 0.29) is 11.9 Å². The van der Waals surface area contributed by atoms with Crippen molar-refractivity contribution in [3.8, 4) is 0 Å². The summed E-state index contributed by atoms with van der Waals surface area (Å²) in [6.07, 6.45) is 6.34. The molecule has 1 aliphatic rings. The minimum atomic E-state index is -0.129. The van der Waals surface area contributed by atoms with Crippen LogP contribution in [0.3, 0.4) is 0 Å². The normalized spacial score (nSPS) is 16.5. The fourth-order valence-electron chi connectivity index (χ4n) is 3.16. The van der Waals surface area contributed by atoms with Crippen LogP contribution in [0.15, 0.2) is 24.7 Å². The lowest BCUT2D eigenvalue weighted by Crippen LogP contribution is -2.31. The molecule has 10 heteroatoms. The number of aryl methyl sites for hydroxylation is 2. The van der Waals surface area contributed by atoms with Gasteiger partial charge in [-0.15, -0.1) is 10.2 Å². The van der Waals surface area contributed by atoms with Gasteiger partial charge in [-0.05, 0) is 26.7 Å². The summed E-state index contributed by atoms with van der Waals surface area (Å²) < 4.78 is 0. The third kappa shape index (κ3) is 3.75. The van der Waals surface area contributed by atoms with Gasteiger partial charge >= 0.3 is 0 Å². The molecule has 1 aliphatic heterocycles. The molecule has 0 spiro atoms. The molecule has 3 aromatic rings. The van der Waals surface area contributed by atoms with Crippen LogP contribution in [0.1, 0.15) is 45.9 Å². The molecular weight excluding hydrogens is 364 g/mol. The molecule has 27 heavy (non-hydrogen) atoms. The van der Waals surface area contributed by atoms with Crippen LogP contribution in [0.2, 0.25) is 0 Å². The third-order valence-electron chi connectivity index (χ3n) is 4.26. The van der Waals surface area contributed by atoms with Gasteiger partial charge in [-0.2, -0.15) is 0 Å². The minimum Gasteiger partial charge on any atom is -0.329 e. The largest absolute Gasteiger partial charge is 0.329 e. The molecule has 0 bridgehead atoms. The maximum Gasteiger partial charge on any atom is 0.274 e. The van der Waals surface area contributed by atoms with Crippen LogP contribution in [-0.4, -0.2) is 47.5 Å². The fraction of sp³-hybridized carbons (Fsp3) is 0.353. The fourth-order valence-corrected chi connectivity index (χ4v) is 3.75. The van der Waals surface area contributed by atoms with Crippen molar-refractivity contribution >= 4 is 28.2 Å². The Bertz CT molecular complexity index is 961. The van der Waals surface area contributed by atoms with Gasteiger partial charge in [-0.3, -0.25) is 9.78 Å². The van der Waals surface area contributed by atoms with Gasteiger partial charge in [0.1, 0.15) is 22.3 Å². The van der Waals surface area contributed by atoms with E-state index in [4.69, 9.17) is 0 Å². The van der Waals surface area contributed by atoms with Gasteiger partial charge in [0.05, 0.1) is 17.9 Å². The SMILES string of the molecule is Cc1nc(Nc2nnc(C)s2)cc(C2CCCN2C(=O)c2cnccn2)n1. The van der Waals surface area contributed by atoms with Crippen LogP contribution in [0, 0.1) is 13.8 Å². The highest BCUT2D eigenvalue weighted by Gasteiger charge is 2.32. The van der Waals surface area contributed by atoms with Crippen LogP contribution < -0.4 is 5.32 Å². The van der Waals surface area contributed by atoms with Gasteiger partial charge < -0.3 is 10.2 Å². The molecule has 1 saturated heterocycles. The average molecular weight is 382 g/mol. The summed E-state index contributed by atoms with van der Waals surface area (Å²) in [5.74, 6) is 1.15. The van der Waals surface area contributed by atoms with Crippen molar-refractivity contribution < 1.29 is 4.79 Å². The first kappa shape index (κ1) is 17.4. The smallest absolute Gasteiger partial charge is 0.274 e. The number of amides is 1. The predicted octanol–water partition coefficient (Wildman–Crippen LogP) is 2.46. The molecule has 1 unspecified atom stereocenters. The molecule has 9 nitrogen and oxygen atoms in total. The summed E-state index contributed by atoms with van der Waals surface area (Å²) in [6.45, 7) is 4.40. The maximum absolute atomic E-state index is 12.8. The molecule has 1 atom stereocenters. The topological polar surface area (TPSA) is 110 Å². The predicted molar refractivity (Wildman–Crippen MR) is 99.7 cm³/mol. The van der Waals surface area contributed by atoms with E-state index in [1.807, 2.05) is 24.8 Å². The van der Waals surface area contributed by atoms with E-state index in [2.05, 4.69) is 35.5 Å². The summed E-state index contributed by atoms with van der Waals surface area (Å²) in [6, 6.07) is 1.76. The van der Waals surface area contributed by atoms with Gasteiger partial charge in [-0.1, -0.05) is 11.3 Å². The Morgan fingerprint density at radius 1 is 1.26 bits per heavy atom. The third-order valence-corrected chi connectivity index (χ3v) is 5.01. The van der Waals surface area contributed by atoms with Crippen LogP contribution in [0.25, 0.3) is 0 Å². The Morgan fingerprint density at radius 2 is 2.15 bits per heavy atom. The van der Waals surface area contributed by atoms with Crippen molar-refractivity contribution in [1.29, 1.82) is 0 Å². The zero-order chi connectivity index (χ0) is 18.8. The Hall–Kier alpha value is -3.01. The van der Waals surface area contributed by atoms with Crippen LogP contribution >= 0.6 is 11.3 Å². The molecule has 0 aromatic carbocycles. The lowest BCUT2D eigenvalue weighted by atomic mass is 10.1. The summed E-state index contributed by atoms with van der Waals surface area (Å²) in [7, 11) is 0. The van der Waals surface area contributed by atoms with Gasteiger partial charge in [0.2, 0.25) is 5.13 Å². The molecule has 4 heterocycles. The van der Waals surface area contributed by atoms with Crippen LogP contribution in [0.5, 0.6) is 0 Å². The van der Waals surface area contributed by atoms with E-state index < -0.39 is 0 Å². The molecule has 0 aliphatic carbocycles. The highest BCUT2D eigenvalue weighted by molar-refractivity contribution is 7.15. The second-order valence-corrected chi connectivity index (χ2v) is 7.41. The molecule has 1 N–H and O–H groups in total. The standard InChI is InChI=1S/C17H18N8OS/c1-10-20-12(8-15(21-10)22-17-24-23-11(2)27-17)14-4-3-7-25(14)16(26)13-9-18-5-6-19-13/h5-6,8-9,14H,3-4,7H2,1-2H3,(H,20,21,22,24). The number of likely N-dealkylation sites (tertiary alicyclic amines) is 1. The highest BCUT2D eigenvalue weighted by Crippen LogP contribution is 2.33. The molecule has 138 valence electrons. The van der Waals surface area contributed by atoms with E-state index >= 15 is 0 Å². The number of carbonyl (C=O) groups is 1. The zero-order valence-corrected chi connectivity index (χ0v) is 15.8. The van der Waals surface area contributed by atoms with E-state index in [0.29, 0.717) is 29.0 Å². The van der Waals surface area contributed by atoms with Gasteiger partial charge in [-0.25, -0.2) is 15.0 Å². The van der Waals surface area contributed by atoms with E-state index in [0.717, 1.165) is 23.5 Å². The van der Waals surface area contributed by atoms with Crippen LogP contribution in [-0.2, 0) is 0 Å². The van der Waals surface area contributed by atoms with Crippen molar-refractivity contribution in [2.75, 3.05) is 11.9 Å². The summed E-state index contributed by atoms with van der Waals surface area (Å²) in [5, 5.41) is 12.8. The van der Waals surface area contributed by atoms with E-state index in [9.17, 15) is 4.79 Å². The number of hydrogen-bond donors (Lipinski definition) is 1. The molecule has 0 saturated carbocycles. The first-order chi connectivity index (χ1) is 13.1. The average Bonchev–Trinajstić information content (AvgIpc) is 3.30. The molecule has 1 amide bonds. The van der Waals surface area contributed by atoms with Crippen LogP contribution in [0.4, 0.5) is 10.9 Å². The lowest BCUT2D eigenvalue weighted by Gasteiger charge is -2.24. The Balaban J connectivity index is 1.60. The molecule has 0 radical (unpaired) electrons. The quantitative estimate of drug-likeness (QED) is 0.733. The van der Waals surface area contributed by atoms with Crippen molar-refractivity contribution in [2.24, 2.45) is 0 Å². The Labute approximate surface area is 159 Å². The highest BCUT2D eigenvalue weighted by atomic mass is 32.1. The number of rotatable bonds is 4. The zero-order valence-electron chi connectivity index (χ0n) is 15.0. The van der Waals surface area contributed by atoms with Gasteiger partial charge in [0.15, 0.2) is 0 Å². The second kappa shape index (κ2) is 7.31. The van der Waals surface area contributed by atoms with E-state index in [1.54, 1.807) is 6.20 Å². The first-order valence-corrected chi connectivity index (χ1v) is 9.41. The summed E-state index contributed by atoms with van der Waals surface area (Å²) in [5.41, 5.74) is 1.15. The van der Waals surface area contributed by atoms with Crippen molar-refractivity contribution in [3.05, 3.63) is 46.9 Å². The molecule has 1 fully saturated rings. The first-order valence-electron chi connectivity index (χ1n) is 8.60.